The predicted molar refractivity (Wildman–Crippen MR) is 174 cm³/mol. The third-order valence-corrected chi connectivity index (χ3v) is 9.91. The monoisotopic (exact) mass is 670 g/mol. The summed E-state index contributed by atoms with van der Waals surface area (Å²) in [6.07, 6.45) is -0.676. The molecular formula is C36H30O9S2. The first-order chi connectivity index (χ1) is 22.5. The number of rotatable bonds is 9. The van der Waals surface area contributed by atoms with Gasteiger partial charge in [-0.25, -0.2) is 0 Å². The van der Waals surface area contributed by atoms with Gasteiger partial charge in [-0.3, -0.25) is 13.2 Å². The molecule has 0 bridgehead atoms. The maximum absolute atomic E-state index is 13.7. The molecule has 0 radical (unpaired) electrons. The van der Waals surface area contributed by atoms with Crippen LogP contribution in [0, 0.1) is 0 Å². The minimum absolute atomic E-state index is 0.203. The number of hydrogen-bond acceptors (Lipinski definition) is 9. The Bertz CT molecular complexity index is 2200. The number of furan rings is 1. The summed E-state index contributed by atoms with van der Waals surface area (Å²) >= 11 is 0. The number of ketones is 1. The van der Waals surface area contributed by atoms with E-state index in [2.05, 4.69) is 0 Å². The number of benzene rings is 4. The number of carbonyl (C=O) groups excluding carboxylic acids is 1. The summed E-state index contributed by atoms with van der Waals surface area (Å²) in [6.45, 7) is -0.280. The Morgan fingerprint density at radius 1 is 0.745 bits per heavy atom. The van der Waals surface area contributed by atoms with E-state index in [0.29, 0.717) is 39.1 Å². The first-order valence-corrected chi connectivity index (χ1v) is 18.4. The third kappa shape index (κ3) is 5.06. The van der Waals surface area contributed by atoms with Crippen molar-refractivity contribution < 1.29 is 39.2 Å². The van der Waals surface area contributed by atoms with E-state index in [1.54, 1.807) is 103 Å². The van der Waals surface area contributed by atoms with Crippen molar-refractivity contribution in [1.82, 2.24) is 0 Å². The van der Waals surface area contributed by atoms with Crippen LogP contribution in [-0.4, -0.2) is 53.4 Å². The Hall–Kier alpha value is -4.39. The first kappa shape index (κ1) is 31.2. The van der Waals surface area contributed by atoms with E-state index >= 15 is 0 Å². The van der Waals surface area contributed by atoms with Crippen molar-refractivity contribution in [1.29, 1.82) is 0 Å². The second-order valence-electron chi connectivity index (χ2n) is 11.7. The van der Waals surface area contributed by atoms with Crippen LogP contribution in [0.4, 0.5) is 0 Å². The molecule has 9 nitrogen and oxygen atoms in total. The molecule has 240 valence electrons. The van der Waals surface area contributed by atoms with E-state index < -0.39 is 43.5 Å². The Morgan fingerprint density at radius 2 is 1.38 bits per heavy atom. The lowest BCUT2D eigenvalue weighted by atomic mass is 9.63. The van der Waals surface area contributed by atoms with Crippen LogP contribution in [-0.2, 0) is 38.8 Å². The van der Waals surface area contributed by atoms with Gasteiger partial charge in [-0.15, -0.1) is 0 Å². The van der Waals surface area contributed by atoms with Gasteiger partial charge < -0.3 is 9.15 Å². The number of fused-ring (bicyclic) bond motifs is 3. The molecule has 0 N–H and O–H groups in total. The van der Waals surface area contributed by atoms with E-state index in [1.165, 1.54) is 0 Å². The van der Waals surface area contributed by atoms with Gasteiger partial charge in [0.05, 0.1) is 19.1 Å². The van der Waals surface area contributed by atoms with Crippen molar-refractivity contribution >= 4 is 26.0 Å². The van der Waals surface area contributed by atoms with E-state index in [-0.39, 0.29) is 18.2 Å². The third-order valence-electron chi connectivity index (χ3n) is 8.75. The molecule has 47 heavy (non-hydrogen) atoms. The van der Waals surface area contributed by atoms with Crippen LogP contribution in [0.25, 0.3) is 11.3 Å². The van der Waals surface area contributed by atoms with Crippen molar-refractivity contribution in [2.75, 3.05) is 19.1 Å². The van der Waals surface area contributed by atoms with E-state index in [0.717, 1.165) is 12.5 Å². The van der Waals surface area contributed by atoms with E-state index in [4.69, 9.17) is 17.5 Å². The lowest BCUT2D eigenvalue weighted by molar-refractivity contribution is -0.0692. The minimum Gasteiger partial charge on any atom is -0.460 e. The van der Waals surface area contributed by atoms with Crippen LogP contribution in [0.5, 0.6) is 0 Å². The molecule has 1 fully saturated rings. The zero-order valence-electron chi connectivity index (χ0n) is 25.4. The summed E-state index contributed by atoms with van der Waals surface area (Å²) in [5.41, 5.74) is -0.450. The summed E-state index contributed by atoms with van der Waals surface area (Å²) in [5.74, 6) is 0.378. The minimum atomic E-state index is -4.30. The molecule has 4 aromatic carbocycles. The van der Waals surface area contributed by atoms with Gasteiger partial charge in [-0.05, 0) is 28.8 Å². The summed E-state index contributed by atoms with van der Waals surface area (Å²) in [4.78, 5) is 13.7. The quantitative estimate of drug-likeness (QED) is 0.144. The highest BCUT2D eigenvalue weighted by Crippen LogP contribution is 2.66. The average molecular weight is 671 g/mol. The first-order valence-electron chi connectivity index (χ1n) is 14.8. The van der Waals surface area contributed by atoms with Gasteiger partial charge >= 0.3 is 0 Å². The maximum atomic E-state index is 13.7. The SMILES string of the molecule is CS(=O)(=O)OC1CO[C@@H]2c3ccccc3[C@@](c3ccccc3)(c3ccc(-c4ccccc4C(=O)c4ccccc4)o3)[C@]12OS(C)(=O)=O. The molecular weight excluding hydrogens is 641 g/mol. The molecule has 1 aliphatic heterocycles. The van der Waals surface area contributed by atoms with Crippen molar-refractivity contribution in [2.24, 2.45) is 0 Å². The fourth-order valence-electron chi connectivity index (χ4n) is 7.22. The van der Waals surface area contributed by atoms with Crippen LogP contribution in [0.2, 0.25) is 0 Å². The second-order valence-corrected chi connectivity index (χ2v) is 14.9. The van der Waals surface area contributed by atoms with Gasteiger partial charge in [-0.2, -0.15) is 16.8 Å². The molecule has 7 rings (SSSR count). The van der Waals surface area contributed by atoms with Gasteiger partial charge in [0, 0.05) is 16.7 Å². The largest absolute Gasteiger partial charge is 0.460 e. The van der Waals surface area contributed by atoms with E-state index in [9.17, 15) is 21.6 Å². The Kier molecular flexibility index (Phi) is 7.57. The molecule has 1 saturated heterocycles. The Balaban J connectivity index is 1.53. The topological polar surface area (TPSA) is 126 Å². The number of carbonyl (C=O) groups is 1. The molecule has 0 amide bonds. The van der Waals surface area contributed by atoms with Crippen molar-refractivity contribution in [3.63, 3.8) is 0 Å². The lowest BCUT2D eigenvalue weighted by Gasteiger charge is -2.45. The number of hydrogen-bond donors (Lipinski definition) is 0. The van der Waals surface area contributed by atoms with Crippen LogP contribution in [0.1, 0.15) is 44.5 Å². The highest BCUT2D eigenvalue weighted by molar-refractivity contribution is 7.86. The lowest BCUT2D eigenvalue weighted by Crippen LogP contribution is -2.60. The zero-order valence-corrected chi connectivity index (χ0v) is 27.0. The normalized spacial score (nSPS) is 23.7. The standard InChI is InChI=1S/C36H30O9S2/c1-46(38,39)44-32-23-42-34-28-19-11-12-20-29(28)35(25-15-7-4-8-16-25,36(32,34)45-47(2,40)41)31-22-21-30(43-31)26-17-9-10-18-27(26)33(37)24-13-5-3-6-14-24/h3-22,32,34H,23H2,1-2H3/t32?,34-,35+,36+/m1/s1. The summed E-state index contributed by atoms with van der Waals surface area (Å²) in [5, 5.41) is 0. The molecule has 1 aromatic heterocycles. The fraction of sp³-hybridized carbons (Fsp3) is 0.194. The van der Waals surface area contributed by atoms with Crippen LogP contribution < -0.4 is 0 Å². The van der Waals surface area contributed by atoms with Gasteiger partial charge in [-0.1, -0.05) is 109 Å². The second kappa shape index (κ2) is 11.4. The van der Waals surface area contributed by atoms with Gasteiger partial charge in [0.25, 0.3) is 20.2 Å². The maximum Gasteiger partial charge on any atom is 0.265 e. The van der Waals surface area contributed by atoms with Crippen LogP contribution in [0.3, 0.4) is 0 Å². The highest BCUT2D eigenvalue weighted by Gasteiger charge is 2.76. The molecule has 11 heteroatoms. The summed E-state index contributed by atoms with van der Waals surface area (Å²) in [6, 6.07) is 35.6. The summed E-state index contributed by atoms with van der Waals surface area (Å²) < 4.78 is 76.7. The van der Waals surface area contributed by atoms with Crippen molar-refractivity contribution in [3.05, 3.63) is 155 Å². The van der Waals surface area contributed by atoms with E-state index in [1.807, 2.05) is 18.2 Å². The fourth-order valence-corrected chi connectivity index (χ4v) is 8.66. The zero-order chi connectivity index (χ0) is 33.0. The predicted octanol–water partition coefficient (Wildman–Crippen LogP) is 5.66. The average Bonchev–Trinajstić information content (AvgIpc) is 3.73. The van der Waals surface area contributed by atoms with Gasteiger partial charge in [0.2, 0.25) is 0 Å². The highest BCUT2D eigenvalue weighted by atomic mass is 32.2. The molecule has 2 heterocycles. The van der Waals surface area contributed by atoms with Crippen LogP contribution in [0.15, 0.2) is 126 Å². The summed E-state index contributed by atoms with van der Waals surface area (Å²) in [7, 11) is -8.44. The number of ether oxygens (including phenoxy) is 1. The molecule has 2 aliphatic rings. The van der Waals surface area contributed by atoms with Crippen molar-refractivity contribution in [2.45, 2.75) is 23.2 Å². The molecule has 0 spiro atoms. The molecule has 4 atom stereocenters. The Morgan fingerprint density at radius 3 is 2.09 bits per heavy atom. The molecule has 1 unspecified atom stereocenters. The Labute approximate surface area is 273 Å². The molecule has 1 aliphatic carbocycles. The molecule has 0 saturated carbocycles. The molecule has 5 aromatic rings. The van der Waals surface area contributed by atoms with Crippen LogP contribution >= 0.6 is 0 Å². The van der Waals surface area contributed by atoms with Crippen molar-refractivity contribution in [3.8, 4) is 11.3 Å². The smallest absolute Gasteiger partial charge is 0.265 e. The van der Waals surface area contributed by atoms with Gasteiger partial charge in [0.15, 0.2) is 11.4 Å². The van der Waals surface area contributed by atoms with Gasteiger partial charge in [0.1, 0.15) is 29.1 Å².